The molecule has 3 N–H and O–H groups in total. The number of nitrogens with one attached hydrogen (secondary N) is 1. The lowest BCUT2D eigenvalue weighted by molar-refractivity contribution is 0.168. The zero-order valence-electron chi connectivity index (χ0n) is 8.92. The molecule has 1 saturated carbocycles. The van der Waals surface area contributed by atoms with Crippen molar-refractivity contribution in [1.29, 1.82) is 0 Å². The van der Waals surface area contributed by atoms with E-state index >= 15 is 0 Å². The molecule has 0 bridgehead atoms. The minimum Gasteiger partial charge on any atom is -0.364 e. The Hall–Kier alpha value is -0.760. The van der Waals surface area contributed by atoms with Gasteiger partial charge in [-0.25, -0.2) is 0 Å². The summed E-state index contributed by atoms with van der Waals surface area (Å²) >= 11 is 0. The summed E-state index contributed by atoms with van der Waals surface area (Å²) in [5.74, 6) is 0. The summed E-state index contributed by atoms with van der Waals surface area (Å²) in [6.07, 6.45) is 8.56. The quantitative estimate of drug-likeness (QED) is 0.743. The summed E-state index contributed by atoms with van der Waals surface area (Å²) in [6, 6.07) is 4.31. The minimum absolute atomic E-state index is 0.179. The molecule has 1 aliphatic carbocycles. The third kappa shape index (κ3) is 1.71. The fourth-order valence-electron chi connectivity index (χ4n) is 2.58. The van der Waals surface area contributed by atoms with Crippen LogP contribution in [0.25, 0.3) is 0 Å². The van der Waals surface area contributed by atoms with E-state index in [2.05, 4.69) is 18.0 Å². The fourth-order valence-corrected chi connectivity index (χ4v) is 2.58. The van der Waals surface area contributed by atoms with Crippen LogP contribution in [0.5, 0.6) is 0 Å². The molecule has 1 unspecified atom stereocenters. The highest BCUT2D eigenvalue weighted by molar-refractivity contribution is 5.12. The van der Waals surface area contributed by atoms with Crippen molar-refractivity contribution >= 4 is 0 Å². The van der Waals surface area contributed by atoms with Gasteiger partial charge in [0.15, 0.2) is 0 Å². The van der Waals surface area contributed by atoms with E-state index < -0.39 is 0 Å². The summed E-state index contributed by atoms with van der Waals surface area (Å²) in [5.41, 5.74) is 7.82. The first-order chi connectivity index (χ1) is 6.72. The molecule has 1 fully saturated rings. The van der Waals surface area contributed by atoms with Crippen LogP contribution >= 0.6 is 0 Å². The van der Waals surface area contributed by atoms with E-state index in [0.29, 0.717) is 5.41 Å². The highest BCUT2D eigenvalue weighted by Gasteiger charge is 2.34. The maximum Gasteiger partial charge on any atom is 0.0502 e. The van der Waals surface area contributed by atoms with Crippen LogP contribution in [-0.2, 0) is 0 Å². The number of hydrogen-bond donors (Lipinski definition) is 2. The summed E-state index contributed by atoms with van der Waals surface area (Å²) in [7, 11) is 0. The lowest BCUT2D eigenvalue weighted by atomic mass is 9.70. The van der Waals surface area contributed by atoms with Crippen molar-refractivity contribution in [1.82, 2.24) is 4.98 Å². The fraction of sp³-hybridized carbons (Fsp3) is 0.667. The first-order valence-corrected chi connectivity index (χ1v) is 5.61. The third-order valence-corrected chi connectivity index (χ3v) is 3.70. The van der Waals surface area contributed by atoms with Crippen molar-refractivity contribution < 1.29 is 0 Å². The van der Waals surface area contributed by atoms with Gasteiger partial charge in [0.2, 0.25) is 0 Å². The van der Waals surface area contributed by atoms with Gasteiger partial charge in [0.05, 0.1) is 6.04 Å². The topological polar surface area (TPSA) is 41.8 Å². The Morgan fingerprint density at radius 3 is 2.64 bits per heavy atom. The predicted molar refractivity (Wildman–Crippen MR) is 58.9 cm³/mol. The van der Waals surface area contributed by atoms with E-state index in [1.807, 2.05) is 12.3 Å². The summed E-state index contributed by atoms with van der Waals surface area (Å²) in [4.78, 5) is 3.23. The Kier molecular flexibility index (Phi) is 2.64. The van der Waals surface area contributed by atoms with Gasteiger partial charge in [0.25, 0.3) is 0 Å². The van der Waals surface area contributed by atoms with Gasteiger partial charge in [-0.2, -0.15) is 0 Å². The van der Waals surface area contributed by atoms with Gasteiger partial charge in [-0.3, -0.25) is 0 Å². The maximum absolute atomic E-state index is 6.32. The van der Waals surface area contributed by atoms with E-state index in [1.54, 1.807) is 0 Å². The van der Waals surface area contributed by atoms with Crippen molar-refractivity contribution in [2.75, 3.05) is 0 Å². The Morgan fingerprint density at radius 2 is 2.07 bits per heavy atom. The van der Waals surface area contributed by atoms with Gasteiger partial charge in [-0.15, -0.1) is 0 Å². The van der Waals surface area contributed by atoms with E-state index in [9.17, 15) is 0 Å². The number of hydrogen-bond acceptors (Lipinski definition) is 1. The summed E-state index contributed by atoms with van der Waals surface area (Å²) in [6.45, 7) is 2.33. The molecule has 1 aromatic heterocycles. The monoisotopic (exact) mass is 192 g/mol. The minimum atomic E-state index is 0.179. The number of rotatable bonds is 2. The largest absolute Gasteiger partial charge is 0.364 e. The zero-order valence-corrected chi connectivity index (χ0v) is 8.92. The van der Waals surface area contributed by atoms with Crippen molar-refractivity contribution in [3.05, 3.63) is 24.0 Å². The van der Waals surface area contributed by atoms with E-state index in [4.69, 9.17) is 5.73 Å². The van der Waals surface area contributed by atoms with Crippen molar-refractivity contribution in [3.63, 3.8) is 0 Å². The molecular weight excluding hydrogens is 172 g/mol. The third-order valence-electron chi connectivity index (χ3n) is 3.70. The lowest BCUT2D eigenvalue weighted by Crippen LogP contribution is -2.34. The summed E-state index contributed by atoms with van der Waals surface area (Å²) in [5, 5.41) is 0. The summed E-state index contributed by atoms with van der Waals surface area (Å²) < 4.78 is 0. The van der Waals surface area contributed by atoms with Gasteiger partial charge in [-0.05, 0) is 30.4 Å². The van der Waals surface area contributed by atoms with Crippen molar-refractivity contribution in [2.24, 2.45) is 11.1 Å². The molecule has 0 aliphatic heterocycles. The number of aromatic nitrogens is 1. The second-order valence-corrected chi connectivity index (χ2v) is 4.82. The Morgan fingerprint density at radius 1 is 1.36 bits per heavy atom. The molecule has 1 aromatic rings. The predicted octanol–water partition coefficient (Wildman–Crippen LogP) is 2.98. The lowest BCUT2D eigenvalue weighted by Gasteiger charge is -2.38. The average molecular weight is 192 g/mol. The van der Waals surface area contributed by atoms with Crippen molar-refractivity contribution in [3.8, 4) is 0 Å². The van der Waals surface area contributed by atoms with Gasteiger partial charge in [0, 0.05) is 11.9 Å². The van der Waals surface area contributed by atoms with E-state index in [0.717, 1.165) is 0 Å². The highest BCUT2D eigenvalue weighted by Crippen LogP contribution is 2.43. The van der Waals surface area contributed by atoms with Gasteiger partial charge < -0.3 is 10.7 Å². The standard InChI is InChI=1S/C12H20N2/c1-12(7-3-2-4-8-12)11(13)10-6-5-9-14-10/h5-6,9,11,14H,2-4,7-8,13H2,1H3. The highest BCUT2D eigenvalue weighted by atomic mass is 14.8. The second-order valence-electron chi connectivity index (χ2n) is 4.82. The molecule has 2 rings (SSSR count). The maximum atomic E-state index is 6.32. The van der Waals surface area contributed by atoms with Crippen LogP contribution in [0.15, 0.2) is 18.3 Å². The van der Waals surface area contributed by atoms with Gasteiger partial charge in [-0.1, -0.05) is 26.2 Å². The second kappa shape index (κ2) is 3.77. The van der Waals surface area contributed by atoms with Crippen LogP contribution in [0.1, 0.15) is 50.8 Å². The molecule has 78 valence electrons. The number of aromatic amines is 1. The average Bonchev–Trinajstić information content (AvgIpc) is 2.70. The molecule has 0 spiro atoms. The van der Waals surface area contributed by atoms with Crippen LogP contribution < -0.4 is 5.73 Å². The first-order valence-electron chi connectivity index (χ1n) is 5.61. The molecule has 2 heteroatoms. The Balaban J connectivity index is 2.13. The molecule has 1 heterocycles. The molecule has 2 nitrogen and oxygen atoms in total. The van der Waals surface area contributed by atoms with E-state index in [1.165, 1.54) is 37.8 Å². The molecular formula is C12H20N2. The van der Waals surface area contributed by atoms with Crippen molar-refractivity contribution in [2.45, 2.75) is 45.1 Å². The molecule has 0 amide bonds. The van der Waals surface area contributed by atoms with Crippen LogP contribution in [0.2, 0.25) is 0 Å². The van der Waals surface area contributed by atoms with Gasteiger partial charge in [0.1, 0.15) is 0 Å². The van der Waals surface area contributed by atoms with Gasteiger partial charge >= 0.3 is 0 Å². The molecule has 0 aromatic carbocycles. The van der Waals surface area contributed by atoms with Crippen LogP contribution in [0.3, 0.4) is 0 Å². The van der Waals surface area contributed by atoms with E-state index in [-0.39, 0.29) is 6.04 Å². The molecule has 14 heavy (non-hydrogen) atoms. The van der Waals surface area contributed by atoms with Crippen LogP contribution in [0, 0.1) is 5.41 Å². The normalized spacial score (nSPS) is 23.3. The Labute approximate surface area is 85.9 Å². The molecule has 1 atom stereocenters. The van der Waals surface area contributed by atoms with Crippen LogP contribution in [-0.4, -0.2) is 4.98 Å². The molecule has 1 aliphatic rings. The SMILES string of the molecule is CC1(C(N)c2ccc[nH]2)CCCCC1. The first kappa shape index (κ1) is 9.78. The zero-order chi connectivity index (χ0) is 10.0. The number of nitrogens with two attached hydrogens (primary N) is 1. The number of H-pyrrole nitrogens is 1. The Bertz CT molecular complexity index is 271. The molecule has 0 saturated heterocycles. The van der Waals surface area contributed by atoms with Crippen LogP contribution in [0.4, 0.5) is 0 Å². The smallest absolute Gasteiger partial charge is 0.0502 e. The molecule has 0 radical (unpaired) electrons.